The lowest BCUT2D eigenvalue weighted by Crippen LogP contribution is -2.49. The first-order chi connectivity index (χ1) is 16.7. The van der Waals surface area contributed by atoms with E-state index in [-0.39, 0.29) is 0 Å². The fourth-order valence-corrected chi connectivity index (χ4v) is 4.24. The lowest BCUT2D eigenvalue weighted by molar-refractivity contribution is -0.115. The molecule has 34 heavy (non-hydrogen) atoms. The molecule has 4 heterocycles. The average molecular weight is 462 g/mol. The molecule has 4 aromatic rings. The number of aromatic nitrogens is 3. The highest BCUT2D eigenvalue weighted by Crippen LogP contribution is 2.29. The van der Waals surface area contributed by atoms with Crippen molar-refractivity contribution in [1.82, 2.24) is 25.0 Å². The lowest BCUT2D eigenvalue weighted by Gasteiger charge is -2.34. The standard InChI is InChI=1S/C25H27N5O4/c31-16-20(32)15-30-11-9-29(10-12-30)8-6-19-17-33-24-13-21(2-3-22(19)24)34-25-4-1-18(14-26-25)23-5-7-27-28-23/h1-5,7,13-14,16-17,20,32H,6,8-12,15H2,(H,27,28)/t20-/m1/s1. The van der Waals surface area contributed by atoms with Crippen LogP contribution in [0, 0.1) is 0 Å². The van der Waals surface area contributed by atoms with Crippen LogP contribution < -0.4 is 4.74 Å². The number of nitrogens with zero attached hydrogens (tertiary/aromatic N) is 4. The van der Waals surface area contributed by atoms with Crippen molar-refractivity contribution in [3.05, 3.63) is 60.6 Å². The third-order valence-corrected chi connectivity index (χ3v) is 6.16. The predicted octanol–water partition coefficient (Wildman–Crippen LogP) is 2.73. The van der Waals surface area contributed by atoms with E-state index in [0.717, 1.165) is 61.4 Å². The van der Waals surface area contributed by atoms with Gasteiger partial charge in [-0.15, -0.1) is 0 Å². The van der Waals surface area contributed by atoms with E-state index in [1.54, 1.807) is 12.4 Å². The SMILES string of the molecule is O=C[C@H](O)CN1CCN(CCc2coc3cc(Oc4ccc(-c5ccn[nH]5)cn4)ccc23)CC1. The van der Waals surface area contributed by atoms with Crippen molar-refractivity contribution in [2.24, 2.45) is 0 Å². The summed E-state index contributed by atoms with van der Waals surface area (Å²) in [4.78, 5) is 19.6. The van der Waals surface area contributed by atoms with Gasteiger partial charge in [-0.1, -0.05) is 0 Å². The number of aromatic amines is 1. The monoisotopic (exact) mass is 461 g/mol. The number of hydrogen-bond acceptors (Lipinski definition) is 8. The smallest absolute Gasteiger partial charge is 0.219 e. The zero-order valence-corrected chi connectivity index (χ0v) is 18.8. The van der Waals surface area contributed by atoms with Crippen LogP contribution in [0.4, 0.5) is 0 Å². The van der Waals surface area contributed by atoms with Gasteiger partial charge in [0, 0.05) is 74.7 Å². The number of piperazine rings is 1. The van der Waals surface area contributed by atoms with Crippen molar-refractivity contribution in [1.29, 1.82) is 0 Å². The Labute approximate surface area is 197 Å². The number of carbonyl (C=O) groups is 1. The van der Waals surface area contributed by atoms with Gasteiger partial charge in [0.1, 0.15) is 23.7 Å². The molecule has 0 spiro atoms. The Hall–Kier alpha value is -3.53. The summed E-state index contributed by atoms with van der Waals surface area (Å²) in [6.07, 6.45) is 5.87. The van der Waals surface area contributed by atoms with Crippen molar-refractivity contribution in [2.45, 2.75) is 12.5 Å². The molecule has 1 aromatic carbocycles. The van der Waals surface area contributed by atoms with Gasteiger partial charge >= 0.3 is 0 Å². The number of ether oxygens (including phenoxy) is 1. The number of pyridine rings is 1. The Morgan fingerprint density at radius 3 is 2.74 bits per heavy atom. The van der Waals surface area contributed by atoms with Crippen molar-refractivity contribution in [3.8, 4) is 22.9 Å². The summed E-state index contributed by atoms with van der Waals surface area (Å²) < 4.78 is 11.7. The zero-order valence-electron chi connectivity index (χ0n) is 18.8. The topological polar surface area (TPSA) is 108 Å². The normalized spacial score (nSPS) is 16.0. The quantitative estimate of drug-likeness (QED) is 0.367. The van der Waals surface area contributed by atoms with Crippen LogP contribution in [0.5, 0.6) is 11.6 Å². The largest absolute Gasteiger partial charge is 0.464 e. The molecule has 3 aromatic heterocycles. The minimum atomic E-state index is -0.894. The van der Waals surface area contributed by atoms with Gasteiger partial charge in [0.05, 0.1) is 12.0 Å². The second-order valence-electron chi connectivity index (χ2n) is 8.47. The predicted molar refractivity (Wildman–Crippen MR) is 127 cm³/mol. The second kappa shape index (κ2) is 10.2. The molecule has 0 radical (unpaired) electrons. The maximum atomic E-state index is 10.6. The molecule has 176 valence electrons. The molecule has 0 bridgehead atoms. The molecule has 5 rings (SSSR count). The first-order valence-electron chi connectivity index (χ1n) is 11.4. The Balaban J connectivity index is 1.16. The fraction of sp³-hybridized carbons (Fsp3) is 0.320. The lowest BCUT2D eigenvalue weighted by atomic mass is 10.1. The highest BCUT2D eigenvalue weighted by atomic mass is 16.5. The second-order valence-corrected chi connectivity index (χ2v) is 8.47. The van der Waals surface area contributed by atoms with Gasteiger partial charge in [-0.2, -0.15) is 5.10 Å². The van der Waals surface area contributed by atoms with Gasteiger partial charge in [0.2, 0.25) is 5.88 Å². The molecule has 0 aliphatic carbocycles. The molecule has 9 nitrogen and oxygen atoms in total. The van der Waals surface area contributed by atoms with Crippen LogP contribution >= 0.6 is 0 Å². The van der Waals surface area contributed by atoms with Crippen LogP contribution in [0.1, 0.15) is 5.56 Å². The number of hydrogen-bond donors (Lipinski definition) is 2. The number of H-pyrrole nitrogens is 1. The number of β-amino-alcohol motifs (C(OH)–C–C–N with tert-alkyl or cyclic N) is 1. The number of furan rings is 1. The van der Waals surface area contributed by atoms with Crippen LogP contribution in [0.2, 0.25) is 0 Å². The molecule has 2 N–H and O–H groups in total. The maximum Gasteiger partial charge on any atom is 0.219 e. The summed E-state index contributed by atoms with van der Waals surface area (Å²) in [6.45, 7) is 4.90. The number of carbonyl (C=O) groups excluding carboxylic acids is 1. The van der Waals surface area contributed by atoms with Crippen molar-refractivity contribution >= 4 is 17.3 Å². The first kappa shape index (κ1) is 22.3. The van der Waals surface area contributed by atoms with E-state index in [2.05, 4.69) is 25.0 Å². The van der Waals surface area contributed by atoms with Crippen LogP contribution in [-0.2, 0) is 11.2 Å². The molecule has 1 atom stereocenters. The number of rotatable bonds is 9. The Bertz CT molecular complexity index is 1210. The summed E-state index contributed by atoms with van der Waals surface area (Å²) in [6, 6.07) is 11.5. The molecule has 1 saturated heterocycles. The first-order valence-corrected chi connectivity index (χ1v) is 11.4. The van der Waals surface area contributed by atoms with Crippen molar-refractivity contribution in [3.63, 3.8) is 0 Å². The van der Waals surface area contributed by atoms with E-state index in [1.165, 1.54) is 5.56 Å². The number of aliphatic hydroxyl groups is 1. The van der Waals surface area contributed by atoms with Crippen molar-refractivity contribution < 1.29 is 19.1 Å². The molecule has 0 saturated carbocycles. The van der Waals surface area contributed by atoms with Crippen LogP contribution in [-0.4, -0.2) is 81.7 Å². The third kappa shape index (κ3) is 5.17. The zero-order chi connectivity index (χ0) is 23.3. The minimum Gasteiger partial charge on any atom is -0.464 e. The Morgan fingerprint density at radius 1 is 1.15 bits per heavy atom. The number of aliphatic hydroxyl groups excluding tert-OH is 1. The van der Waals surface area contributed by atoms with Gasteiger partial charge in [-0.05, 0) is 36.2 Å². The van der Waals surface area contributed by atoms with Gasteiger partial charge < -0.3 is 24.0 Å². The molecule has 9 heteroatoms. The highest BCUT2D eigenvalue weighted by molar-refractivity contribution is 5.82. The van der Waals surface area contributed by atoms with Gasteiger partial charge in [-0.3, -0.25) is 10.00 Å². The van der Waals surface area contributed by atoms with E-state index in [4.69, 9.17) is 9.15 Å². The summed E-state index contributed by atoms with van der Waals surface area (Å²) in [5.74, 6) is 1.18. The van der Waals surface area contributed by atoms with E-state index < -0.39 is 6.10 Å². The number of fused-ring (bicyclic) bond motifs is 1. The average Bonchev–Trinajstić information content (AvgIpc) is 3.54. The summed E-state index contributed by atoms with van der Waals surface area (Å²) in [7, 11) is 0. The van der Waals surface area contributed by atoms with E-state index >= 15 is 0 Å². The minimum absolute atomic E-state index is 0.415. The molecule has 1 aliphatic heterocycles. The number of nitrogens with one attached hydrogen (secondary N) is 1. The van der Waals surface area contributed by atoms with E-state index in [9.17, 15) is 9.90 Å². The Morgan fingerprint density at radius 2 is 2.00 bits per heavy atom. The molecule has 1 aliphatic rings. The third-order valence-electron chi connectivity index (χ3n) is 6.16. The molecular formula is C25H27N5O4. The molecule has 0 amide bonds. The number of aldehydes is 1. The molecule has 1 fully saturated rings. The maximum absolute atomic E-state index is 10.6. The van der Waals surface area contributed by atoms with Crippen LogP contribution in [0.25, 0.3) is 22.2 Å². The van der Waals surface area contributed by atoms with E-state index in [1.807, 2.05) is 42.7 Å². The number of benzene rings is 1. The summed E-state index contributed by atoms with van der Waals surface area (Å²) in [5, 5.41) is 17.5. The molecular weight excluding hydrogens is 434 g/mol. The highest BCUT2D eigenvalue weighted by Gasteiger charge is 2.19. The summed E-state index contributed by atoms with van der Waals surface area (Å²) >= 11 is 0. The van der Waals surface area contributed by atoms with Crippen molar-refractivity contribution in [2.75, 3.05) is 39.3 Å². The fourth-order valence-electron chi connectivity index (χ4n) is 4.24. The van der Waals surface area contributed by atoms with Crippen LogP contribution in [0.3, 0.4) is 0 Å². The molecule has 0 unspecified atom stereocenters. The van der Waals surface area contributed by atoms with Gasteiger partial charge in [0.15, 0.2) is 0 Å². The van der Waals surface area contributed by atoms with Crippen LogP contribution in [0.15, 0.2) is 59.5 Å². The Kier molecular flexibility index (Phi) is 6.66. The van der Waals surface area contributed by atoms with E-state index in [0.29, 0.717) is 24.5 Å². The summed E-state index contributed by atoms with van der Waals surface area (Å²) in [5.41, 5.74) is 3.80. The van der Waals surface area contributed by atoms with Gasteiger partial charge in [-0.25, -0.2) is 4.98 Å². The van der Waals surface area contributed by atoms with Gasteiger partial charge in [0.25, 0.3) is 0 Å².